The molecule has 1 aromatic rings. The number of hydrogen-bond donors (Lipinski definition) is 2. The first-order chi connectivity index (χ1) is 9.31. The molecular weight excluding hydrogens is 304 g/mol. The number of benzene rings is 1. The zero-order valence-corrected chi connectivity index (χ0v) is 12.2. The highest BCUT2D eigenvalue weighted by Crippen LogP contribution is 2.22. The van der Waals surface area contributed by atoms with Gasteiger partial charge in [-0.05, 0) is 24.6 Å². The predicted molar refractivity (Wildman–Crippen MR) is 72.8 cm³/mol. The van der Waals surface area contributed by atoms with Crippen molar-refractivity contribution in [2.24, 2.45) is 0 Å². The molecule has 0 radical (unpaired) electrons. The van der Waals surface area contributed by atoms with Gasteiger partial charge in [-0.3, -0.25) is 4.79 Å². The summed E-state index contributed by atoms with van der Waals surface area (Å²) in [6.07, 6.45) is 0.684. The molecule has 0 aromatic heterocycles. The van der Waals surface area contributed by atoms with E-state index in [1.54, 1.807) is 6.92 Å². The SMILES string of the molecule is CCCC(NS(=O)(=O)c1ccc(C#N)cc1Cl)C(=O)O. The molecule has 1 unspecified atom stereocenters. The quantitative estimate of drug-likeness (QED) is 0.831. The van der Waals surface area contributed by atoms with Gasteiger partial charge >= 0.3 is 5.97 Å². The number of nitriles is 1. The highest BCUT2D eigenvalue weighted by molar-refractivity contribution is 7.89. The maximum absolute atomic E-state index is 12.1. The van der Waals surface area contributed by atoms with E-state index in [0.717, 1.165) is 0 Å². The Kier molecular flexibility index (Phi) is 5.51. The number of carboxylic acids is 1. The summed E-state index contributed by atoms with van der Waals surface area (Å²) in [5.41, 5.74) is 0.220. The largest absolute Gasteiger partial charge is 0.480 e. The molecule has 20 heavy (non-hydrogen) atoms. The molecule has 2 N–H and O–H groups in total. The summed E-state index contributed by atoms with van der Waals surface area (Å²) in [6, 6.07) is 4.31. The lowest BCUT2D eigenvalue weighted by molar-refractivity contribution is -0.139. The van der Waals surface area contributed by atoms with Crippen LogP contribution in [-0.2, 0) is 14.8 Å². The highest BCUT2D eigenvalue weighted by Gasteiger charge is 2.26. The van der Waals surface area contributed by atoms with Crippen molar-refractivity contribution in [1.29, 1.82) is 5.26 Å². The van der Waals surface area contributed by atoms with Crippen LogP contribution >= 0.6 is 11.6 Å². The third-order valence-corrected chi connectivity index (χ3v) is 4.48. The summed E-state index contributed by atoms with van der Waals surface area (Å²) in [6.45, 7) is 1.75. The van der Waals surface area contributed by atoms with Gasteiger partial charge in [0.25, 0.3) is 0 Å². The Morgan fingerprint density at radius 3 is 2.65 bits per heavy atom. The number of hydrogen-bond acceptors (Lipinski definition) is 4. The second-order valence-corrected chi connectivity index (χ2v) is 6.15. The normalized spacial score (nSPS) is 12.7. The van der Waals surface area contributed by atoms with Gasteiger partial charge in [-0.25, -0.2) is 8.42 Å². The van der Waals surface area contributed by atoms with E-state index in [1.807, 2.05) is 6.07 Å². The van der Waals surface area contributed by atoms with Crippen LogP contribution in [0.1, 0.15) is 25.3 Å². The monoisotopic (exact) mass is 316 g/mol. The first kappa shape index (κ1) is 16.4. The number of carbonyl (C=O) groups is 1. The number of aliphatic carboxylic acids is 1. The average molecular weight is 317 g/mol. The van der Waals surface area contributed by atoms with E-state index in [9.17, 15) is 13.2 Å². The van der Waals surface area contributed by atoms with Crippen LogP contribution in [0.15, 0.2) is 23.1 Å². The number of sulfonamides is 1. The summed E-state index contributed by atoms with van der Waals surface area (Å²) in [5, 5.41) is 17.5. The fraction of sp³-hybridized carbons (Fsp3) is 0.333. The zero-order valence-electron chi connectivity index (χ0n) is 10.6. The highest BCUT2D eigenvalue weighted by atomic mass is 35.5. The third kappa shape index (κ3) is 3.93. The molecule has 1 rings (SSSR count). The van der Waals surface area contributed by atoms with Gasteiger partial charge in [0.1, 0.15) is 10.9 Å². The lowest BCUT2D eigenvalue weighted by atomic mass is 10.2. The van der Waals surface area contributed by atoms with Gasteiger partial charge in [0, 0.05) is 0 Å². The Hall–Kier alpha value is -1.62. The van der Waals surface area contributed by atoms with Crippen LogP contribution in [0.4, 0.5) is 0 Å². The first-order valence-corrected chi connectivity index (χ1v) is 7.62. The second kappa shape index (κ2) is 6.70. The van der Waals surface area contributed by atoms with Crippen molar-refractivity contribution in [3.05, 3.63) is 28.8 Å². The fourth-order valence-corrected chi connectivity index (χ4v) is 3.33. The molecule has 1 aromatic carbocycles. The Morgan fingerprint density at radius 2 is 2.20 bits per heavy atom. The van der Waals surface area contributed by atoms with Crippen LogP contribution in [0.5, 0.6) is 0 Å². The third-order valence-electron chi connectivity index (χ3n) is 2.52. The van der Waals surface area contributed by atoms with Crippen LogP contribution in [0.2, 0.25) is 5.02 Å². The molecule has 0 heterocycles. The number of nitrogens with one attached hydrogen (secondary N) is 1. The molecule has 0 spiro atoms. The van der Waals surface area contributed by atoms with Gasteiger partial charge in [-0.15, -0.1) is 0 Å². The van der Waals surface area contributed by atoms with Crippen molar-refractivity contribution < 1.29 is 18.3 Å². The molecule has 0 aliphatic rings. The van der Waals surface area contributed by atoms with Crippen LogP contribution in [-0.4, -0.2) is 25.5 Å². The average Bonchev–Trinajstić information content (AvgIpc) is 2.37. The summed E-state index contributed by atoms with van der Waals surface area (Å²) >= 11 is 5.82. The summed E-state index contributed by atoms with van der Waals surface area (Å²) in [5.74, 6) is -1.25. The number of rotatable bonds is 6. The Morgan fingerprint density at radius 1 is 1.55 bits per heavy atom. The van der Waals surface area contributed by atoms with Gasteiger partial charge in [0.05, 0.1) is 16.7 Å². The van der Waals surface area contributed by atoms with E-state index < -0.39 is 22.0 Å². The molecule has 0 aliphatic heterocycles. The van der Waals surface area contributed by atoms with Crippen molar-refractivity contribution in [2.45, 2.75) is 30.7 Å². The summed E-state index contributed by atoms with van der Waals surface area (Å²) < 4.78 is 26.3. The molecule has 0 saturated heterocycles. The minimum absolute atomic E-state index is 0.128. The molecule has 0 bridgehead atoms. The van der Waals surface area contributed by atoms with E-state index >= 15 is 0 Å². The molecule has 6 nitrogen and oxygen atoms in total. The molecule has 0 fully saturated rings. The van der Waals surface area contributed by atoms with Gasteiger partial charge in [0.15, 0.2) is 0 Å². The van der Waals surface area contributed by atoms with Crippen molar-refractivity contribution >= 4 is 27.6 Å². The van der Waals surface area contributed by atoms with E-state index in [1.165, 1.54) is 18.2 Å². The molecule has 0 aliphatic carbocycles. The number of halogens is 1. The standard InChI is InChI=1S/C12H13ClN2O4S/c1-2-3-10(12(16)17)15-20(18,19)11-5-4-8(7-14)6-9(11)13/h4-6,10,15H,2-3H2,1H3,(H,16,17). The van der Waals surface area contributed by atoms with Gasteiger partial charge in [-0.1, -0.05) is 24.9 Å². The summed E-state index contributed by atoms with van der Waals surface area (Å²) in [4.78, 5) is 10.7. The van der Waals surface area contributed by atoms with Crippen molar-refractivity contribution in [3.63, 3.8) is 0 Å². The molecular formula is C12H13ClN2O4S. The van der Waals surface area contributed by atoms with E-state index in [4.69, 9.17) is 22.0 Å². The van der Waals surface area contributed by atoms with Crippen LogP contribution in [0, 0.1) is 11.3 Å². The molecule has 0 saturated carbocycles. The Balaban J connectivity index is 3.11. The smallest absolute Gasteiger partial charge is 0.321 e. The van der Waals surface area contributed by atoms with Gasteiger partial charge < -0.3 is 5.11 Å². The molecule has 108 valence electrons. The predicted octanol–water partition coefficient (Wildman–Crippen LogP) is 1.74. The van der Waals surface area contributed by atoms with Crippen LogP contribution < -0.4 is 4.72 Å². The van der Waals surface area contributed by atoms with Crippen LogP contribution in [0.3, 0.4) is 0 Å². The molecule has 0 amide bonds. The topological polar surface area (TPSA) is 107 Å². The van der Waals surface area contributed by atoms with E-state index in [0.29, 0.717) is 6.42 Å². The fourth-order valence-electron chi connectivity index (χ4n) is 1.56. The maximum atomic E-state index is 12.1. The van der Waals surface area contributed by atoms with E-state index in [-0.39, 0.29) is 21.9 Å². The summed E-state index contributed by atoms with van der Waals surface area (Å²) in [7, 11) is -4.05. The lowest BCUT2D eigenvalue weighted by Crippen LogP contribution is -2.40. The van der Waals surface area contributed by atoms with Crippen LogP contribution in [0.25, 0.3) is 0 Å². The van der Waals surface area contributed by atoms with Gasteiger partial charge in [-0.2, -0.15) is 9.98 Å². The minimum Gasteiger partial charge on any atom is -0.480 e. The molecule has 1 atom stereocenters. The Bertz CT molecular complexity index is 652. The minimum atomic E-state index is -4.05. The van der Waals surface area contributed by atoms with Crippen molar-refractivity contribution in [2.75, 3.05) is 0 Å². The lowest BCUT2D eigenvalue weighted by Gasteiger charge is -2.14. The number of carboxylic acid groups (broad SMARTS) is 1. The second-order valence-electron chi connectivity index (χ2n) is 4.06. The zero-order chi connectivity index (χ0) is 15.3. The first-order valence-electron chi connectivity index (χ1n) is 5.76. The number of nitrogens with zero attached hydrogens (tertiary/aromatic N) is 1. The van der Waals surface area contributed by atoms with Crippen molar-refractivity contribution in [1.82, 2.24) is 4.72 Å². The van der Waals surface area contributed by atoms with E-state index in [2.05, 4.69) is 4.72 Å². The Labute approximate surface area is 122 Å². The van der Waals surface area contributed by atoms with Gasteiger partial charge in [0.2, 0.25) is 10.0 Å². The van der Waals surface area contributed by atoms with Crippen molar-refractivity contribution in [3.8, 4) is 6.07 Å². The maximum Gasteiger partial charge on any atom is 0.321 e. The molecule has 8 heteroatoms.